The van der Waals surface area contributed by atoms with Gasteiger partial charge in [-0.05, 0) is 17.5 Å². The first-order valence-corrected chi connectivity index (χ1v) is 5.63. The molecule has 0 spiro atoms. The summed E-state index contributed by atoms with van der Waals surface area (Å²) in [7, 11) is 2.01. The Bertz CT molecular complexity index is 407. The molecule has 3 N–H and O–H groups in total. The summed E-state index contributed by atoms with van der Waals surface area (Å²) in [6, 6.07) is 7.65. The van der Waals surface area contributed by atoms with E-state index in [1.807, 2.05) is 31.3 Å². The van der Waals surface area contributed by atoms with Crippen LogP contribution in [-0.4, -0.2) is 24.6 Å². The number of hydrogen-bond donors (Lipinski definition) is 2. The molecule has 0 bridgehead atoms. The third-order valence-corrected chi connectivity index (χ3v) is 2.41. The molecule has 4 nitrogen and oxygen atoms in total. The fourth-order valence-electron chi connectivity index (χ4n) is 1.87. The summed E-state index contributed by atoms with van der Waals surface area (Å²) < 4.78 is 0. The molecule has 0 aliphatic carbocycles. The van der Waals surface area contributed by atoms with Crippen LogP contribution in [-0.2, 0) is 0 Å². The molecule has 0 unspecified atom stereocenters. The molecule has 0 amide bonds. The lowest BCUT2D eigenvalue weighted by atomic mass is 9.95. The summed E-state index contributed by atoms with van der Waals surface area (Å²) in [5, 5.41) is 11.8. The Balaban J connectivity index is 3.05. The van der Waals surface area contributed by atoms with E-state index in [4.69, 9.17) is 10.9 Å². The van der Waals surface area contributed by atoms with Gasteiger partial charge in [-0.25, -0.2) is 0 Å². The van der Waals surface area contributed by atoms with Gasteiger partial charge in [0, 0.05) is 24.8 Å². The first kappa shape index (κ1) is 13.4. The third kappa shape index (κ3) is 3.66. The number of rotatable bonds is 3. The molecule has 4 heteroatoms. The van der Waals surface area contributed by atoms with Crippen molar-refractivity contribution in [3.63, 3.8) is 0 Å². The average Bonchev–Trinajstić information content (AvgIpc) is 2.25. The van der Waals surface area contributed by atoms with Crippen LogP contribution in [0.25, 0.3) is 0 Å². The maximum absolute atomic E-state index is 8.77. The predicted octanol–water partition coefficient (Wildman–Crippen LogP) is 2.26. The molecule has 1 rings (SSSR count). The van der Waals surface area contributed by atoms with Crippen molar-refractivity contribution in [3.8, 4) is 0 Å². The van der Waals surface area contributed by atoms with Crippen molar-refractivity contribution in [2.45, 2.75) is 20.8 Å². The summed E-state index contributed by atoms with van der Waals surface area (Å²) in [5.74, 6) is 0.140. The van der Waals surface area contributed by atoms with Gasteiger partial charge in [0.25, 0.3) is 0 Å². The van der Waals surface area contributed by atoms with Crippen LogP contribution in [0.5, 0.6) is 0 Å². The second-order valence-electron chi connectivity index (χ2n) is 5.42. The van der Waals surface area contributed by atoms with Crippen LogP contribution < -0.4 is 10.6 Å². The van der Waals surface area contributed by atoms with Crippen LogP contribution in [0.2, 0.25) is 0 Å². The molecule has 17 heavy (non-hydrogen) atoms. The zero-order valence-corrected chi connectivity index (χ0v) is 10.9. The van der Waals surface area contributed by atoms with Gasteiger partial charge in [-0.15, -0.1) is 0 Å². The van der Waals surface area contributed by atoms with Gasteiger partial charge in [0.1, 0.15) is 0 Å². The molecule has 0 atom stereocenters. The van der Waals surface area contributed by atoms with Gasteiger partial charge >= 0.3 is 0 Å². The molecular weight excluding hydrogens is 214 g/mol. The highest BCUT2D eigenvalue weighted by molar-refractivity contribution is 6.02. The van der Waals surface area contributed by atoms with E-state index in [2.05, 4.69) is 30.8 Å². The number of para-hydroxylation sites is 1. The molecular formula is C13H21N3O. The SMILES string of the molecule is CN(CC(C)(C)C)c1ccccc1C(N)=NO. The van der Waals surface area contributed by atoms with E-state index in [1.54, 1.807) is 0 Å². The standard InChI is InChI=1S/C13H21N3O/c1-13(2,3)9-16(4)11-8-6-5-7-10(11)12(14)15-17/h5-8,17H,9H2,1-4H3,(H2,14,15). The Morgan fingerprint density at radius 3 is 2.47 bits per heavy atom. The quantitative estimate of drug-likeness (QED) is 0.365. The highest BCUT2D eigenvalue weighted by Gasteiger charge is 2.16. The number of nitrogens with zero attached hydrogens (tertiary/aromatic N) is 2. The lowest BCUT2D eigenvalue weighted by molar-refractivity contribution is 0.318. The van der Waals surface area contributed by atoms with Crippen LogP contribution in [0.1, 0.15) is 26.3 Å². The normalized spacial score (nSPS) is 12.6. The van der Waals surface area contributed by atoms with Gasteiger partial charge in [0.05, 0.1) is 0 Å². The van der Waals surface area contributed by atoms with Crippen LogP contribution in [0.4, 0.5) is 5.69 Å². The number of hydrogen-bond acceptors (Lipinski definition) is 3. The largest absolute Gasteiger partial charge is 0.409 e. The Labute approximate surface area is 103 Å². The van der Waals surface area contributed by atoms with E-state index in [0.29, 0.717) is 0 Å². The van der Waals surface area contributed by atoms with Crippen molar-refractivity contribution in [2.75, 3.05) is 18.5 Å². The van der Waals surface area contributed by atoms with Crippen molar-refractivity contribution < 1.29 is 5.21 Å². The van der Waals surface area contributed by atoms with Gasteiger partial charge in [0.15, 0.2) is 5.84 Å². The summed E-state index contributed by atoms with van der Waals surface area (Å²) in [6.45, 7) is 7.42. The minimum absolute atomic E-state index is 0.140. The summed E-state index contributed by atoms with van der Waals surface area (Å²) in [6.07, 6.45) is 0. The van der Waals surface area contributed by atoms with Gasteiger partial charge in [-0.1, -0.05) is 38.1 Å². The molecule has 0 aromatic heterocycles. The van der Waals surface area contributed by atoms with E-state index in [-0.39, 0.29) is 11.3 Å². The highest BCUT2D eigenvalue weighted by atomic mass is 16.4. The van der Waals surface area contributed by atoms with Gasteiger partial charge in [-0.2, -0.15) is 0 Å². The number of benzene rings is 1. The van der Waals surface area contributed by atoms with Crippen LogP contribution in [0.15, 0.2) is 29.4 Å². The zero-order valence-electron chi connectivity index (χ0n) is 10.9. The Hall–Kier alpha value is -1.71. The van der Waals surface area contributed by atoms with E-state index >= 15 is 0 Å². The molecule has 94 valence electrons. The minimum Gasteiger partial charge on any atom is -0.409 e. The van der Waals surface area contributed by atoms with E-state index < -0.39 is 0 Å². The number of oxime groups is 1. The number of anilines is 1. The van der Waals surface area contributed by atoms with Gasteiger partial charge in [-0.3, -0.25) is 0 Å². The summed E-state index contributed by atoms with van der Waals surface area (Å²) in [4.78, 5) is 2.12. The first-order chi connectivity index (χ1) is 7.85. The fourth-order valence-corrected chi connectivity index (χ4v) is 1.87. The van der Waals surface area contributed by atoms with Crippen molar-refractivity contribution in [2.24, 2.45) is 16.3 Å². The Morgan fingerprint density at radius 1 is 1.35 bits per heavy atom. The Morgan fingerprint density at radius 2 is 1.94 bits per heavy atom. The molecule has 0 saturated heterocycles. The molecule has 0 aliphatic heterocycles. The average molecular weight is 235 g/mol. The highest BCUT2D eigenvalue weighted by Crippen LogP contribution is 2.23. The van der Waals surface area contributed by atoms with Crippen molar-refractivity contribution in [1.82, 2.24) is 0 Å². The molecule has 0 fully saturated rings. The first-order valence-electron chi connectivity index (χ1n) is 5.63. The van der Waals surface area contributed by atoms with Crippen molar-refractivity contribution >= 4 is 11.5 Å². The Kier molecular flexibility index (Phi) is 3.99. The molecule has 1 aromatic rings. The van der Waals surface area contributed by atoms with Crippen molar-refractivity contribution in [1.29, 1.82) is 0 Å². The molecule has 0 heterocycles. The molecule has 0 aliphatic rings. The summed E-state index contributed by atoms with van der Waals surface area (Å²) in [5.41, 5.74) is 7.58. The minimum atomic E-state index is 0.140. The molecule has 1 aromatic carbocycles. The fraction of sp³-hybridized carbons (Fsp3) is 0.462. The van der Waals surface area contributed by atoms with Crippen molar-refractivity contribution in [3.05, 3.63) is 29.8 Å². The van der Waals surface area contributed by atoms with E-state index in [1.165, 1.54) is 0 Å². The number of nitrogens with two attached hydrogens (primary N) is 1. The third-order valence-electron chi connectivity index (χ3n) is 2.41. The van der Waals surface area contributed by atoms with Crippen LogP contribution >= 0.6 is 0 Å². The maximum Gasteiger partial charge on any atom is 0.172 e. The topological polar surface area (TPSA) is 61.8 Å². The van der Waals surface area contributed by atoms with Crippen LogP contribution in [0, 0.1) is 5.41 Å². The smallest absolute Gasteiger partial charge is 0.172 e. The number of amidine groups is 1. The lowest BCUT2D eigenvalue weighted by Gasteiger charge is -2.29. The second kappa shape index (κ2) is 5.08. The lowest BCUT2D eigenvalue weighted by Crippen LogP contribution is -2.31. The van der Waals surface area contributed by atoms with Crippen LogP contribution in [0.3, 0.4) is 0 Å². The van der Waals surface area contributed by atoms with Gasteiger partial charge < -0.3 is 15.8 Å². The zero-order chi connectivity index (χ0) is 13.1. The molecule has 0 radical (unpaired) electrons. The van der Waals surface area contributed by atoms with Gasteiger partial charge in [0.2, 0.25) is 0 Å². The predicted molar refractivity (Wildman–Crippen MR) is 71.7 cm³/mol. The summed E-state index contributed by atoms with van der Waals surface area (Å²) >= 11 is 0. The monoisotopic (exact) mass is 235 g/mol. The second-order valence-corrected chi connectivity index (χ2v) is 5.42. The van der Waals surface area contributed by atoms with E-state index in [9.17, 15) is 0 Å². The maximum atomic E-state index is 8.77. The van der Waals surface area contributed by atoms with E-state index in [0.717, 1.165) is 17.8 Å². The molecule has 0 saturated carbocycles.